The van der Waals surface area contributed by atoms with Crippen LogP contribution in [-0.4, -0.2) is 13.6 Å². The Balaban J connectivity index is 3.26. The van der Waals surface area contributed by atoms with E-state index in [9.17, 15) is 8.42 Å². The summed E-state index contributed by atoms with van der Waals surface area (Å²) in [5.74, 6) is 0. The summed E-state index contributed by atoms with van der Waals surface area (Å²) in [6.45, 7) is 0. The lowest BCUT2D eigenvalue weighted by Crippen LogP contribution is -2.18. The molecule has 0 saturated heterocycles. The lowest BCUT2D eigenvalue weighted by Gasteiger charge is -1.84. The minimum atomic E-state index is -3.28. The van der Waals surface area contributed by atoms with E-state index in [0.29, 0.717) is 0 Å². The topological polar surface area (TPSA) is 72.5 Å². The number of hydrogen-bond donors (Lipinski definition) is 1. The van der Waals surface area contributed by atoms with E-state index >= 15 is 0 Å². The molecule has 0 unspecified atom stereocenters. The van der Waals surface area contributed by atoms with Gasteiger partial charge in [0.2, 0.25) is 15.0 Å². The van der Waals surface area contributed by atoms with Gasteiger partial charge in [-0.05, 0) is 0 Å². The smallest absolute Gasteiger partial charge is 0.234 e. The molecule has 0 aromatic heterocycles. The van der Waals surface area contributed by atoms with Gasteiger partial charge in [0.25, 0.3) is 0 Å². The van der Waals surface area contributed by atoms with E-state index in [4.69, 9.17) is 5.73 Å². The maximum atomic E-state index is 10.4. The lowest BCUT2D eigenvalue weighted by atomic mass is 11.0. The second kappa shape index (κ2) is 1.32. The Morgan fingerprint density at radius 1 is 1.62 bits per heavy atom. The van der Waals surface area contributed by atoms with Crippen molar-refractivity contribution in [3.05, 3.63) is 11.6 Å². The largest absolute Gasteiger partial charge is 0.374 e. The molecule has 0 spiro atoms. The molecule has 2 N–H and O–H groups in total. The van der Waals surface area contributed by atoms with Gasteiger partial charge >= 0.3 is 0 Å². The molecule has 8 heavy (non-hydrogen) atoms. The quantitative estimate of drug-likeness (QED) is 0.469. The molecule has 5 heteroatoms. The van der Waals surface area contributed by atoms with E-state index in [-0.39, 0.29) is 5.17 Å². The van der Waals surface area contributed by atoms with E-state index in [0.717, 1.165) is 11.6 Å². The van der Waals surface area contributed by atoms with Crippen molar-refractivity contribution < 1.29 is 8.42 Å². The Morgan fingerprint density at radius 2 is 2.25 bits per heavy atom. The molecule has 0 fully saturated rings. The molecule has 0 aromatic rings. The van der Waals surface area contributed by atoms with Crippen LogP contribution >= 0.6 is 0 Å². The molecule has 1 aliphatic rings. The Bertz CT molecular complexity index is 248. The number of rotatable bonds is 0. The predicted molar refractivity (Wildman–Crippen MR) is 29.7 cm³/mol. The third-order valence-corrected chi connectivity index (χ3v) is 1.90. The van der Waals surface area contributed by atoms with Crippen molar-refractivity contribution in [1.82, 2.24) is 0 Å². The van der Waals surface area contributed by atoms with Crippen molar-refractivity contribution in [3.8, 4) is 0 Å². The van der Waals surface area contributed by atoms with Gasteiger partial charge in [-0.15, -0.1) is 0 Å². The molecule has 0 radical (unpaired) electrons. The van der Waals surface area contributed by atoms with Gasteiger partial charge in [0, 0.05) is 6.20 Å². The van der Waals surface area contributed by atoms with Crippen LogP contribution in [0.3, 0.4) is 0 Å². The van der Waals surface area contributed by atoms with Gasteiger partial charge in [0.05, 0.1) is 5.41 Å². The molecule has 1 aliphatic heterocycles. The van der Waals surface area contributed by atoms with Crippen molar-refractivity contribution in [3.63, 3.8) is 0 Å². The van der Waals surface area contributed by atoms with Crippen LogP contribution in [0.5, 0.6) is 0 Å². The van der Waals surface area contributed by atoms with Gasteiger partial charge in [-0.1, -0.05) is 0 Å². The molecule has 0 saturated carbocycles. The first-order chi connectivity index (χ1) is 3.63. The standard InChI is InChI=1S/C3H4N2O2S/c4-3-5-1-2-8(3,6)7/h1-2H,(H2,4,5). The number of nitrogens with two attached hydrogens (primary N) is 1. The molecule has 0 amide bonds. The molecule has 0 aliphatic carbocycles. The van der Waals surface area contributed by atoms with Crippen molar-refractivity contribution in [2.24, 2.45) is 10.7 Å². The molecule has 0 atom stereocenters. The van der Waals surface area contributed by atoms with Crippen LogP contribution in [0.1, 0.15) is 0 Å². The molecular weight excluding hydrogens is 128 g/mol. The van der Waals surface area contributed by atoms with Crippen LogP contribution in [0.15, 0.2) is 16.6 Å². The number of aliphatic imine (C=N–C) groups is 1. The summed E-state index contributed by atoms with van der Waals surface area (Å²) in [5.41, 5.74) is 4.91. The highest BCUT2D eigenvalue weighted by molar-refractivity contribution is 8.09. The number of nitrogens with zero attached hydrogens (tertiary/aromatic N) is 1. The first-order valence-corrected chi connectivity index (χ1v) is 3.42. The van der Waals surface area contributed by atoms with Crippen molar-refractivity contribution in [2.75, 3.05) is 0 Å². The summed E-state index contributed by atoms with van der Waals surface area (Å²) >= 11 is 0. The Morgan fingerprint density at radius 3 is 2.38 bits per heavy atom. The molecule has 1 rings (SSSR count). The number of hydrogen-bond acceptors (Lipinski definition) is 4. The van der Waals surface area contributed by atoms with Crippen LogP contribution in [0.25, 0.3) is 0 Å². The van der Waals surface area contributed by atoms with Crippen LogP contribution < -0.4 is 5.73 Å². The fraction of sp³-hybridized carbons (Fsp3) is 0. The fourth-order valence-corrected chi connectivity index (χ4v) is 0.895. The minimum absolute atomic E-state index is 0.322. The maximum absolute atomic E-state index is 10.4. The summed E-state index contributed by atoms with van der Waals surface area (Å²) in [7, 11) is -3.28. The summed E-state index contributed by atoms with van der Waals surface area (Å²) in [5, 5.41) is 0.639. The average molecular weight is 132 g/mol. The first-order valence-electron chi connectivity index (χ1n) is 1.88. The number of amidine groups is 1. The van der Waals surface area contributed by atoms with Gasteiger partial charge in [-0.3, -0.25) is 0 Å². The average Bonchev–Trinajstić information content (AvgIpc) is 1.86. The Labute approximate surface area is 46.6 Å². The van der Waals surface area contributed by atoms with Crippen LogP contribution in [0, 0.1) is 0 Å². The van der Waals surface area contributed by atoms with Gasteiger partial charge in [0.1, 0.15) is 0 Å². The zero-order chi connectivity index (χ0) is 6.20. The molecule has 4 nitrogen and oxygen atoms in total. The van der Waals surface area contributed by atoms with Crippen molar-refractivity contribution >= 4 is 15.0 Å². The van der Waals surface area contributed by atoms with Crippen molar-refractivity contribution in [2.45, 2.75) is 0 Å². The zero-order valence-electron chi connectivity index (χ0n) is 3.90. The monoisotopic (exact) mass is 132 g/mol. The van der Waals surface area contributed by atoms with E-state index in [1.807, 2.05) is 0 Å². The van der Waals surface area contributed by atoms with Crippen LogP contribution in [0.2, 0.25) is 0 Å². The van der Waals surface area contributed by atoms with Gasteiger partial charge in [-0.25, -0.2) is 13.4 Å². The van der Waals surface area contributed by atoms with E-state index < -0.39 is 9.84 Å². The maximum Gasteiger partial charge on any atom is 0.234 e. The lowest BCUT2D eigenvalue weighted by molar-refractivity contribution is 0.615. The molecular formula is C3H4N2O2S. The van der Waals surface area contributed by atoms with Gasteiger partial charge in [-0.2, -0.15) is 0 Å². The Hall–Kier alpha value is -0.840. The minimum Gasteiger partial charge on any atom is -0.374 e. The summed E-state index contributed by atoms with van der Waals surface area (Å²) in [6, 6.07) is 0. The molecule has 0 bridgehead atoms. The molecule has 44 valence electrons. The number of sulfone groups is 1. The van der Waals surface area contributed by atoms with Gasteiger partial charge in [0.15, 0.2) is 0 Å². The van der Waals surface area contributed by atoms with E-state index in [1.54, 1.807) is 0 Å². The highest BCUT2D eigenvalue weighted by atomic mass is 32.2. The summed E-state index contributed by atoms with van der Waals surface area (Å²) < 4.78 is 20.8. The highest BCUT2D eigenvalue weighted by Crippen LogP contribution is 2.00. The van der Waals surface area contributed by atoms with Gasteiger partial charge < -0.3 is 5.73 Å². The first kappa shape index (κ1) is 5.30. The van der Waals surface area contributed by atoms with Crippen LogP contribution in [0.4, 0.5) is 0 Å². The highest BCUT2D eigenvalue weighted by Gasteiger charge is 2.14. The second-order valence-corrected chi connectivity index (χ2v) is 3.08. The Kier molecular flexibility index (Phi) is 0.872. The second-order valence-electron chi connectivity index (χ2n) is 1.30. The SMILES string of the molecule is NC1=NC=CS1(=O)=O. The zero-order valence-corrected chi connectivity index (χ0v) is 4.72. The van der Waals surface area contributed by atoms with Crippen molar-refractivity contribution in [1.29, 1.82) is 0 Å². The van der Waals surface area contributed by atoms with Crippen LogP contribution in [-0.2, 0) is 9.84 Å². The molecule has 0 aromatic carbocycles. The normalized spacial score (nSPS) is 23.2. The summed E-state index contributed by atoms with van der Waals surface area (Å²) in [4.78, 5) is 3.31. The predicted octanol–water partition coefficient (Wildman–Crippen LogP) is -0.799. The third kappa shape index (κ3) is 0.604. The molecule has 1 heterocycles. The summed E-state index contributed by atoms with van der Waals surface area (Å²) in [6.07, 6.45) is 1.16. The third-order valence-electron chi connectivity index (χ3n) is 0.733. The fourth-order valence-electron chi connectivity index (χ4n) is 0.327. The van der Waals surface area contributed by atoms with E-state index in [2.05, 4.69) is 4.99 Å². The van der Waals surface area contributed by atoms with E-state index in [1.165, 1.54) is 0 Å².